The lowest BCUT2D eigenvalue weighted by atomic mass is 10.2. The fourth-order valence-corrected chi connectivity index (χ4v) is 1.87. The van der Waals surface area contributed by atoms with Crippen LogP contribution < -0.4 is 5.32 Å². The Morgan fingerprint density at radius 2 is 2.28 bits per heavy atom. The van der Waals surface area contributed by atoms with Crippen molar-refractivity contribution in [2.75, 3.05) is 6.54 Å². The number of aromatic nitrogens is 3. The number of pyridine rings is 1. The minimum Gasteiger partial charge on any atom is -0.339 e. The summed E-state index contributed by atoms with van der Waals surface area (Å²) in [5.41, 5.74) is 0.712. The van der Waals surface area contributed by atoms with E-state index in [9.17, 15) is 0 Å². The van der Waals surface area contributed by atoms with Crippen LogP contribution in [0, 0.1) is 0 Å². The first-order chi connectivity index (χ1) is 8.69. The summed E-state index contributed by atoms with van der Waals surface area (Å²) in [5, 5.41) is 7.24. The van der Waals surface area contributed by atoms with Crippen LogP contribution in [0.15, 0.2) is 27.3 Å². The summed E-state index contributed by atoms with van der Waals surface area (Å²) in [6.45, 7) is 5.09. The van der Waals surface area contributed by atoms with Crippen LogP contribution in [0.5, 0.6) is 0 Å². The average Bonchev–Trinajstić information content (AvgIpc) is 2.78. The zero-order valence-corrected chi connectivity index (χ0v) is 11.9. The second-order valence-corrected chi connectivity index (χ2v) is 4.95. The maximum atomic E-state index is 5.21. The van der Waals surface area contributed by atoms with Crippen molar-refractivity contribution in [2.45, 2.75) is 26.3 Å². The van der Waals surface area contributed by atoms with E-state index in [1.165, 1.54) is 0 Å². The monoisotopic (exact) mass is 310 g/mol. The first kappa shape index (κ1) is 13.2. The van der Waals surface area contributed by atoms with E-state index >= 15 is 0 Å². The highest BCUT2D eigenvalue weighted by atomic mass is 79.9. The molecule has 0 saturated heterocycles. The smallest absolute Gasteiger partial charge is 0.228 e. The summed E-state index contributed by atoms with van der Waals surface area (Å²) in [6.07, 6.45) is 2.43. The van der Waals surface area contributed by atoms with Crippen molar-refractivity contribution in [3.8, 4) is 11.5 Å². The molecule has 0 aromatic carbocycles. The average molecular weight is 311 g/mol. The molecule has 0 aliphatic rings. The highest BCUT2D eigenvalue weighted by Gasteiger charge is 2.12. The summed E-state index contributed by atoms with van der Waals surface area (Å²) < 4.78 is 6.14. The van der Waals surface area contributed by atoms with Crippen molar-refractivity contribution in [1.82, 2.24) is 20.4 Å². The molecule has 6 heteroatoms. The van der Waals surface area contributed by atoms with Gasteiger partial charge in [0, 0.05) is 23.1 Å². The van der Waals surface area contributed by atoms with Gasteiger partial charge < -0.3 is 9.84 Å². The van der Waals surface area contributed by atoms with Crippen LogP contribution in [0.3, 0.4) is 0 Å². The van der Waals surface area contributed by atoms with Gasteiger partial charge in [-0.1, -0.05) is 12.1 Å². The molecule has 5 nitrogen and oxygen atoms in total. The zero-order chi connectivity index (χ0) is 13.0. The van der Waals surface area contributed by atoms with Crippen molar-refractivity contribution in [3.63, 3.8) is 0 Å². The van der Waals surface area contributed by atoms with Gasteiger partial charge in [-0.25, -0.2) is 0 Å². The summed E-state index contributed by atoms with van der Waals surface area (Å²) in [5.74, 6) is 1.16. The molecule has 1 atom stereocenters. The largest absolute Gasteiger partial charge is 0.339 e. The second-order valence-electron chi connectivity index (χ2n) is 4.04. The van der Waals surface area contributed by atoms with Crippen LogP contribution in [-0.4, -0.2) is 27.7 Å². The third kappa shape index (κ3) is 3.36. The van der Waals surface area contributed by atoms with Crippen molar-refractivity contribution < 1.29 is 4.52 Å². The Hall–Kier alpha value is -1.27. The Bertz CT molecular complexity index is 497. The highest BCUT2D eigenvalue weighted by molar-refractivity contribution is 9.10. The molecule has 2 aromatic rings. The Morgan fingerprint density at radius 1 is 1.44 bits per heavy atom. The van der Waals surface area contributed by atoms with Crippen molar-refractivity contribution in [1.29, 1.82) is 0 Å². The van der Waals surface area contributed by atoms with Gasteiger partial charge in [-0.3, -0.25) is 4.98 Å². The van der Waals surface area contributed by atoms with Crippen LogP contribution >= 0.6 is 15.9 Å². The number of likely N-dealkylation sites (N-methyl/N-ethyl adjacent to an activating group) is 1. The fourth-order valence-electron chi connectivity index (χ4n) is 1.63. The molecule has 2 heterocycles. The number of hydrogen-bond donors (Lipinski definition) is 1. The summed E-state index contributed by atoms with van der Waals surface area (Å²) >= 11 is 3.34. The molecular weight excluding hydrogens is 296 g/mol. The fraction of sp³-hybridized carbons (Fsp3) is 0.417. The standard InChI is InChI=1S/C12H15BrN4O/c1-3-14-8(2)6-11-16-12(17-18-11)10-5-4-9(13)7-15-10/h4-5,7-8,14H,3,6H2,1-2H3. The number of hydrogen-bond acceptors (Lipinski definition) is 5. The number of nitrogens with zero attached hydrogens (tertiary/aromatic N) is 3. The Kier molecular flexibility index (Phi) is 4.43. The molecule has 18 heavy (non-hydrogen) atoms. The predicted molar refractivity (Wildman–Crippen MR) is 72.1 cm³/mol. The van der Waals surface area contributed by atoms with Crippen LogP contribution in [0.2, 0.25) is 0 Å². The van der Waals surface area contributed by atoms with E-state index in [1.54, 1.807) is 6.20 Å². The molecule has 2 rings (SSSR count). The first-order valence-corrected chi connectivity index (χ1v) is 6.66. The lowest BCUT2D eigenvalue weighted by Gasteiger charge is -2.07. The molecule has 2 aromatic heterocycles. The molecule has 96 valence electrons. The number of nitrogens with one attached hydrogen (secondary N) is 1. The third-order valence-electron chi connectivity index (χ3n) is 2.46. The van der Waals surface area contributed by atoms with Gasteiger partial charge in [0.25, 0.3) is 0 Å². The number of rotatable bonds is 5. The SMILES string of the molecule is CCNC(C)Cc1nc(-c2ccc(Br)cn2)no1. The van der Waals surface area contributed by atoms with Gasteiger partial charge >= 0.3 is 0 Å². The van der Waals surface area contributed by atoms with E-state index in [-0.39, 0.29) is 0 Å². The number of halogens is 1. The molecule has 1 unspecified atom stereocenters. The Balaban J connectivity index is 2.08. The van der Waals surface area contributed by atoms with E-state index in [0.717, 1.165) is 17.4 Å². The first-order valence-electron chi connectivity index (χ1n) is 5.87. The topological polar surface area (TPSA) is 63.8 Å². The summed E-state index contributed by atoms with van der Waals surface area (Å²) in [4.78, 5) is 8.57. The molecule has 0 aliphatic heterocycles. The molecule has 1 N–H and O–H groups in total. The van der Waals surface area contributed by atoms with Crippen LogP contribution in [0.4, 0.5) is 0 Å². The van der Waals surface area contributed by atoms with Gasteiger partial charge in [0.05, 0.1) is 0 Å². The van der Waals surface area contributed by atoms with Gasteiger partial charge in [-0.15, -0.1) is 0 Å². The molecule has 0 aliphatic carbocycles. The van der Waals surface area contributed by atoms with Gasteiger partial charge in [0.2, 0.25) is 11.7 Å². The van der Waals surface area contributed by atoms with Gasteiger partial charge in [-0.05, 0) is 41.5 Å². The molecule has 0 spiro atoms. The highest BCUT2D eigenvalue weighted by Crippen LogP contribution is 2.16. The molecule has 0 saturated carbocycles. The third-order valence-corrected chi connectivity index (χ3v) is 2.93. The molecular formula is C12H15BrN4O. The van der Waals surface area contributed by atoms with Crippen molar-refractivity contribution >= 4 is 15.9 Å². The minimum atomic E-state index is 0.321. The zero-order valence-electron chi connectivity index (χ0n) is 10.4. The lowest BCUT2D eigenvalue weighted by Crippen LogP contribution is -2.27. The molecule has 0 bridgehead atoms. The van der Waals surface area contributed by atoms with Gasteiger partial charge in [-0.2, -0.15) is 4.98 Å². The maximum Gasteiger partial charge on any atom is 0.228 e. The summed E-state index contributed by atoms with van der Waals surface area (Å²) in [7, 11) is 0. The van der Waals surface area contributed by atoms with E-state index in [1.807, 2.05) is 12.1 Å². The quantitative estimate of drug-likeness (QED) is 0.919. The lowest BCUT2D eigenvalue weighted by molar-refractivity contribution is 0.363. The Morgan fingerprint density at radius 3 is 2.94 bits per heavy atom. The predicted octanol–water partition coefficient (Wildman–Crippen LogP) is 2.43. The van der Waals surface area contributed by atoms with Gasteiger partial charge in [0.1, 0.15) is 5.69 Å². The van der Waals surface area contributed by atoms with Crippen LogP contribution in [-0.2, 0) is 6.42 Å². The van der Waals surface area contributed by atoms with Crippen LogP contribution in [0.1, 0.15) is 19.7 Å². The molecule has 0 amide bonds. The van der Waals surface area contributed by atoms with Crippen molar-refractivity contribution in [2.24, 2.45) is 0 Å². The van der Waals surface area contributed by atoms with Crippen LogP contribution in [0.25, 0.3) is 11.5 Å². The normalized spacial score (nSPS) is 12.6. The summed E-state index contributed by atoms with van der Waals surface area (Å²) in [6, 6.07) is 4.08. The molecule has 0 radical (unpaired) electrons. The Labute approximate surface area is 114 Å². The van der Waals surface area contributed by atoms with E-state index < -0.39 is 0 Å². The van der Waals surface area contributed by atoms with Crippen molar-refractivity contribution in [3.05, 3.63) is 28.7 Å². The maximum absolute atomic E-state index is 5.21. The molecule has 0 fully saturated rings. The minimum absolute atomic E-state index is 0.321. The van der Waals surface area contributed by atoms with E-state index in [4.69, 9.17) is 4.52 Å². The van der Waals surface area contributed by atoms with E-state index in [2.05, 4.69) is 50.2 Å². The van der Waals surface area contributed by atoms with Gasteiger partial charge in [0.15, 0.2) is 0 Å². The second kappa shape index (κ2) is 6.06. The van der Waals surface area contributed by atoms with E-state index in [0.29, 0.717) is 23.5 Å².